The molecule has 0 saturated carbocycles. The monoisotopic (exact) mass is 302 g/mol. The maximum atomic E-state index is 12.5. The van der Waals surface area contributed by atoms with Crippen molar-refractivity contribution in [1.82, 2.24) is 5.32 Å². The lowest BCUT2D eigenvalue weighted by atomic mass is 9.95. The van der Waals surface area contributed by atoms with Crippen LogP contribution in [0.2, 0.25) is 5.02 Å². The number of amides is 1. The third kappa shape index (κ3) is 3.56. The van der Waals surface area contributed by atoms with E-state index in [4.69, 9.17) is 17.3 Å². The van der Waals surface area contributed by atoms with Crippen molar-refractivity contribution in [1.29, 1.82) is 0 Å². The number of para-hydroxylation sites is 1. The summed E-state index contributed by atoms with van der Waals surface area (Å²) in [5, 5.41) is 3.43. The fourth-order valence-corrected chi connectivity index (χ4v) is 2.42. The minimum atomic E-state index is -0.211. The molecular weight excluding hydrogens is 284 g/mol. The van der Waals surface area contributed by atoms with Crippen LogP contribution < -0.4 is 11.1 Å². The van der Waals surface area contributed by atoms with E-state index in [0.29, 0.717) is 16.3 Å². The highest BCUT2D eigenvalue weighted by Gasteiger charge is 2.20. The second-order valence-corrected chi connectivity index (χ2v) is 5.71. The van der Waals surface area contributed by atoms with Crippen LogP contribution in [0.25, 0.3) is 0 Å². The van der Waals surface area contributed by atoms with Crippen molar-refractivity contribution in [2.24, 2.45) is 5.92 Å². The first-order valence-electron chi connectivity index (χ1n) is 6.90. The van der Waals surface area contributed by atoms with Crippen molar-refractivity contribution in [2.45, 2.75) is 19.9 Å². The SMILES string of the molecule is CC(C)C(NC(=O)c1cccc(Cl)c1N)c1ccccc1. The van der Waals surface area contributed by atoms with Crippen LogP contribution in [-0.4, -0.2) is 5.91 Å². The molecular formula is C17H19ClN2O. The molecule has 0 heterocycles. The zero-order valence-electron chi connectivity index (χ0n) is 12.1. The van der Waals surface area contributed by atoms with E-state index >= 15 is 0 Å². The van der Waals surface area contributed by atoms with E-state index in [2.05, 4.69) is 19.2 Å². The highest BCUT2D eigenvalue weighted by atomic mass is 35.5. The predicted molar refractivity (Wildman–Crippen MR) is 87.4 cm³/mol. The van der Waals surface area contributed by atoms with Gasteiger partial charge < -0.3 is 11.1 Å². The van der Waals surface area contributed by atoms with Gasteiger partial charge in [-0.15, -0.1) is 0 Å². The second-order valence-electron chi connectivity index (χ2n) is 5.31. The van der Waals surface area contributed by atoms with Crippen molar-refractivity contribution in [3.63, 3.8) is 0 Å². The van der Waals surface area contributed by atoms with Crippen LogP contribution >= 0.6 is 11.6 Å². The first-order valence-corrected chi connectivity index (χ1v) is 7.28. The molecule has 0 fully saturated rings. The van der Waals surface area contributed by atoms with E-state index < -0.39 is 0 Å². The van der Waals surface area contributed by atoms with Crippen LogP contribution in [0, 0.1) is 5.92 Å². The lowest BCUT2D eigenvalue weighted by molar-refractivity contribution is 0.0926. The Balaban J connectivity index is 2.25. The largest absolute Gasteiger partial charge is 0.397 e. The molecule has 1 atom stereocenters. The number of nitrogens with two attached hydrogens (primary N) is 1. The van der Waals surface area contributed by atoms with Crippen molar-refractivity contribution in [2.75, 3.05) is 5.73 Å². The number of halogens is 1. The van der Waals surface area contributed by atoms with E-state index in [9.17, 15) is 4.79 Å². The summed E-state index contributed by atoms with van der Waals surface area (Å²) in [4.78, 5) is 12.5. The number of carbonyl (C=O) groups excluding carboxylic acids is 1. The standard InChI is InChI=1S/C17H19ClN2O/c1-11(2)16(12-7-4-3-5-8-12)20-17(21)13-9-6-10-14(18)15(13)19/h3-11,16H,19H2,1-2H3,(H,20,21). The van der Waals surface area contributed by atoms with Crippen LogP contribution in [0.1, 0.15) is 35.8 Å². The first-order chi connectivity index (χ1) is 10.0. The second kappa shape index (κ2) is 6.64. The van der Waals surface area contributed by atoms with Crippen molar-refractivity contribution in [3.05, 3.63) is 64.7 Å². The van der Waals surface area contributed by atoms with E-state index in [1.165, 1.54) is 0 Å². The number of hydrogen-bond donors (Lipinski definition) is 2. The summed E-state index contributed by atoms with van der Waals surface area (Å²) in [6.07, 6.45) is 0. The van der Waals surface area contributed by atoms with Crippen LogP contribution in [0.15, 0.2) is 48.5 Å². The normalized spacial score (nSPS) is 12.2. The van der Waals surface area contributed by atoms with Gasteiger partial charge in [0.25, 0.3) is 5.91 Å². The summed E-state index contributed by atoms with van der Waals surface area (Å²) < 4.78 is 0. The summed E-state index contributed by atoms with van der Waals surface area (Å²) in [5.74, 6) is 0.0503. The van der Waals surface area contributed by atoms with Gasteiger partial charge in [0, 0.05) is 0 Å². The molecule has 2 rings (SSSR count). The van der Waals surface area contributed by atoms with Gasteiger partial charge in [-0.05, 0) is 23.6 Å². The van der Waals surface area contributed by atoms with E-state index in [0.717, 1.165) is 5.56 Å². The van der Waals surface area contributed by atoms with Crippen molar-refractivity contribution in [3.8, 4) is 0 Å². The summed E-state index contributed by atoms with van der Waals surface area (Å²) in [6, 6.07) is 14.9. The van der Waals surface area contributed by atoms with Gasteiger partial charge >= 0.3 is 0 Å². The number of nitrogen functional groups attached to an aromatic ring is 1. The summed E-state index contributed by atoms with van der Waals surface area (Å²) in [6.45, 7) is 4.14. The van der Waals surface area contributed by atoms with Crippen LogP contribution in [0.3, 0.4) is 0 Å². The Morgan fingerprint density at radius 2 is 1.76 bits per heavy atom. The molecule has 2 aromatic carbocycles. The number of benzene rings is 2. The van der Waals surface area contributed by atoms with Gasteiger partial charge in [-0.2, -0.15) is 0 Å². The van der Waals surface area contributed by atoms with Crippen molar-refractivity contribution >= 4 is 23.2 Å². The summed E-state index contributed by atoms with van der Waals surface area (Å²) in [5.41, 5.74) is 7.67. The molecule has 1 unspecified atom stereocenters. The molecule has 110 valence electrons. The topological polar surface area (TPSA) is 55.1 Å². The number of nitrogens with one attached hydrogen (secondary N) is 1. The number of anilines is 1. The smallest absolute Gasteiger partial charge is 0.253 e. The number of rotatable bonds is 4. The Morgan fingerprint density at radius 1 is 1.10 bits per heavy atom. The number of carbonyl (C=O) groups is 1. The Bertz CT molecular complexity index is 626. The van der Waals surface area contributed by atoms with Crippen LogP contribution in [0.4, 0.5) is 5.69 Å². The Hall–Kier alpha value is -2.00. The fraction of sp³-hybridized carbons (Fsp3) is 0.235. The molecule has 0 aliphatic carbocycles. The molecule has 2 aromatic rings. The lowest BCUT2D eigenvalue weighted by Crippen LogP contribution is -2.32. The molecule has 3 N–H and O–H groups in total. The summed E-state index contributed by atoms with van der Waals surface area (Å²) >= 11 is 5.97. The molecule has 4 heteroatoms. The van der Waals surface area contributed by atoms with Gasteiger partial charge in [0.15, 0.2) is 0 Å². The molecule has 21 heavy (non-hydrogen) atoms. The minimum Gasteiger partial charge on any atom is -0.397 e. The molecule has 0 aromatic heterocycles. The highest BCUT2D eigenvalue weighted by molar-refractivity contribution is 6.33. The highest BCUT2D eigenvalue weighted by Crippen LogP contribution is 2.25. The van der Waals surface area contributed by atoms with Gasteiger partial charge in [0.05, 0.1) is 22.3 Å². The maximum Gasteiger partial charge on any atom is 0.253 e. The predicted octanol–water partition coefficient (Wildman–Crippen LogP) is 4.05. The molecule has 0 radical (unpaired) electrons. The van der Waals surface area contributed by atoms with E-state index in [1.54, 1.807) is 18.2 Å². The minimum absolute atomic E-state index is 0.0721. The van der Waals surface area contributed by atoms with Gasteiger partial charge in [-0.25, -0.2) is 0 Å². The van der Waals surface area contributed by atoms with Gasteiger partial charge in [0.2, 0.25) is 0 Å². The third-order valence-electron chi connectivity index (χ3n) is 3.41. The fourth-order valence-electron chi connectivity index (χ4n) is 2.25. The Morgan fingerprint density at radius 3 is 2.38 bits per heavy atom. The summed E-state index contributed by atoms with van der Waals surface area (Å²) in [7, 11) is 0. The van der Waals surface area contributed by atoms with Crippen LogP contribution in [-0.2, 0) is 0 Å². The molecule has 0 bridgehead atoms. The van der Waals surface area contributed by atoms with E-state index in [-0.39, 0.29) is 17.9 Å². The van der Waals surface area contributed by atoms with Crippen LogP contribution in [0.5, 0.6) is 0 Å². The van der Waals surface area contributed by atoms with Gasteiger partial charge in [-0.1, -0.05) is 61.8 Å². The average Bonchev–Trinajstić information content (AvgIpc) is 2.48. The molecule has 0 spiro atoms. The first kappa shape index (κ1) is 15.4. The molecule has 3 nitrogen and oxygen atoms in total. The number of hydrogen-bond acceptors (Lipinski definition) is 2. The molecule has 0 saturated heterocycles. The maximum absolute atomic E-state index is 12.5. The lowest BCUT2D eigenvalue weighted by Gasteiger charge is -2.23. The molecule has 0 aliphatic rings. The van der Waals surface area contributed by atoms with E-state index in [1.807, 2.05) is 30.3 Å². The zero-order chi connectivity index (χ0) is 15.4. The van der Waals surface area contributed by atoms with Crippen molar-refractivity contribution < 1.29 is 4.79 Å². The third-order valence-corrected chi connectivity index (χ3v) is 3.74. The average molecular weight is 303 g/mol. The van der Waals surface area contributed by atoms with Gasteiger partial charge in [-0.3, -0.25) is 4.79 Å². The Kier molecular flexibility index (Phi) is 4.86. The zero-order valence-corrected chi connectivity index (χ0v) is 12.9. The van der Waals surface area contributed by atoms with Gasteiger partial charge in [0.1, 0.15) is 0 Å². The molecule has 1 amide bonds. The quantitative estimate of drug-likeness (QED) is 0.837. The Labute approximate surface area is 130 Å². The molecule has 0 aliphatic heterocycles.